The van der Waals surface area contributed by atoms with Gasteiger partial charge in [0, 0.05) is 5.56 Å². The van der Waals surface area contributed by atoms with Gasteiger partial charge in [-0.25, -0.2) is 8.78 Å². The van der Waals surface area contributed by atoms with Gasteiger partial charge in [-0.1, -0.05) is 12.1 Å². The maximum Gasteiger partial charge on any atom is 0.416 e. The number of aryl methyl sites for hydroxylation is 1. The summed E-state index contributed by atoms with van der Waals surface area (Å²) in [6, 6.07) is 3.01. The van der Waals surface area contributed by atoms with Crippen molar-refractivity contribution in [2.24, 2.45) is 0 Å². The van der Waals surface area contributed by atoms with Gasteiger partial charge >= 0.3 is 6.18 Å². The molecule has 0 aliphatic carbocycles. The number of benzene rings is 1. The number of rotatable bonds is 1. The van der Waals surface area contributed by atoms with E-state index < -0.39 is 23.7 Å². The van der Waals surface area contributed by atoms with Crippen molar-refractivity contribution in [2.75, 3.05) is 0 Å². The molecule has 78 valence electrons. The Labute approximate surface area is 77.4 Å². The Hall–Kier alpha value is -1.13. The molecular formula is C9H7F5. The molecule has 0 atom stereocenters. The molecule has 0 aliphatic rings. The van der Waals surface area contributed by atoms with E-state index >= 15 is 0 Å². The molecule has 1 aromatic carbocycles. The molecule has 0 N–H and O–H groups in total. The first kappa shape index (κ1) is 10.9. The fourth-order valence-corrected chi connectivity index (χ4v) is 1.22. The Balaban J connectivity index is 3.36. The maximum absolute atomic E-state index is 12.3. The van der Waals surface area contributed by atoms with Crippen molar-refractivity contribution < 1.29 is 22.0 Å². The lowest BCUT2D eigenvalue weighted by Crippen LogP contribution is -2.10. The molecule has 1 rings (SSSR count). The minimum absolute atomic E-state index is 0.0465. The summed E-state index contributed by atoms with van der Waals surface area (Å²) in [6.07, 6.45) is -7.83. The molecule has 14 heavy (non-hydrogen) atoms. The summed E-state index contributed by atoms with van der Waals surface area (Å²) >= 11 is 0. The first-order valence-corrected chi connectivity index (χ1v) is 3.79. The van der Waals surface area contributed by atoms with Crippen molar-refractivity contribution in [2.45, 2.75) is 19.5 Å². The molecule has 0 aromatic heterocycles. The largest absolute Gasteiger partial charge is 0.416 e. The molecule has 0 unspecified atom stereocenters. The monoisotopic (exact) mass is 210 g/mol. The smallest absolute Gasteiger partial charge is 0.205 e. The number of hydrogen-bond donors (Lipinski definition) is 0. The average molecular weight is 210 g/mol. The normalized spacial score (nSPS) is 12.2. The third-order valence-electron chi connectivity index (χ3n) is 1.85. The molecule has 0 fully saturated rings. The highest BCUT2D eigenvalue weighted by Crippen LogP contribution is 2.37. The van der Waals surface area contributed by atoms with E-state index in [0.717, 1.165) is 6.07 Å². The summed E-state index contributed by atoms with van der Waals surface area (Å²) in [7, 11) is 0. The molecule has 0 bridgehead atoms. The molecule has 0 amide bonds. The molecule has 0 saturated carbocycles. The zero-order chi connectivity index (χ0) is 10.9. The lowest BCUT2D eigenvalue weighted by Gasteiger charge is -2.14. The van der Waals surface area contributed by atoms with Crippen molar-refractivity contribution in [1.29, 1.82) is 0 Å². The minimum atomic E-state index is -4.72. The number of halogens is 5. The zero-order valence-corrected chi connectivity index (χ0v) is 7.20. The van der Waals surface area contributed by atoms with Crippen molar-refractivity contribution in [1.82, 2.24) is 0 Å². The second-order valence-electron chi connectivity index (χ2n) is 2.83. The Kier molecular flexibility index (Phi) is 2.78. The van der Waals surface area contributed by atoms with E-state index in [1.807, 2.05) is 0 Å². The average Bonchev–Trinajstić information content (AvgIpc) is 2.01. The van der Waals surface area contributed by atoms with E-state index in [-0.39, 0.29) is 5.56 Å². The van der Waals surface area contributed by atoms with Crippen LogP contribution >= 0.6 is 0 Å². The molecule has 0 saturated heterocycles. The molecule has 0 aliphatic heterocycles. The van der Waals surface area contributed by atoms with Crippen LogP contribution in [0.5, 0.6) is 0 Å². The third kappa shape index (κ3) is 2.02. The van der Waals surface area contributed by atoms with Crippen LogP contribution in [0.15, 0.2) is 18.2 Å². The predicted octanol–water partition coefficient (Wildman–Crippen LogP) is 3.95. The van der Waals surface area contributed by atoms with E-state index in [1.165, 1.54) is 13.0 Å². The van der Waals surface area contributed by atoms with Crippen LogP contribution in [0.2, 0.25) is 0 Å². The van der Waals surface area contributed by atoms with Crippen LogP contribution in [0.1, 0.15) is 23.1 Å². The van der Waals surface area contributed by atoms with Crippen molar-refractivity contribution in [3.8, 4) is 0 Å². The van der Waals surface area contributed by atoms with Crippen LogP contribution in [0.4, 0.5) is 22.0 Å². The SMILES string of the molecule is Cc1cccc(C(F)(F)F)c1C(F)F. The highest BCUT2D eigenvalue weighted by molar-refractivity contribution is 5.37. The highest BCUT2D eigenvalue weighted by atomic mass is 19.4. The van der Waals surface area contributed by atoms with Gasteiger partial charge in [-0.15, -0.1) is 0 Å². The topological polar surface area (TPSA) is 0 Å². The van der Waals surface area contributed by atoms with Crippen LogP contribution in [-0.2, 0) is 6.18 Å². The highest BCUT2D eigenvalue weighted by Gasteiger charge is 2.36. The number of alkyl halides is 5. The van der Waals surface area contributed by atoms with Gasteiger partial charge in [-0.2, -0.15) is 13.2 Å². The van der Waals surface area contributed by atoms with Gasteiger partial charge in [0.05, 0.1) is 5.56 Å². The molecule has 0 nitrogen and oxygen atoms in total. The Morgan fingerprint density at radius 1 is 1.14 bits per heavy atom. The Bertz CT molecular complexity index is 326. The van der Waals surface area contributed by atoms with Gasteiger partial charge in [0.15, 0.2) is 0 Å². The zero-order valence-electron chi connectivity index (χ0n) is 7.20. The van der Waals surface area contributed by atoms with E-state index in [1.54, 1.807) is 0 Å². The summed E-state index contributed by atoms with van der Waals surface area (Å²) in [5.41, 5.74) is -2.23. The summed E-state index contributed by atoms with van der Waals surface area (Å²) in [6.45, 7) is 1.23. The van der Waals surface area contributed by atoms with Gasteiger partial charge in [-0.3, -0.25) is 0 Å². The summed E-state index contributed by atoms with van der Waals surface area (Å²) < 4.78 is 61.4. The number of hydrogen-bond acceptors (Lipinski definition) is 0. The van der Waals surface area contributed by atoms with Gasteiger partial charge in [-0.05, 0) is 18.6 Å². The first-order chi connectivity index (χ1) is 6.34. The van der Waals surface area contributed by atoms with Gasteiger partial charge < -0.3 is 0 Å². The quantitative estimate of drug-likeness (QED) is 0.615. The Morgan fingerprint density at radius 2 is 1.71 bits per heavy atom. The first-order valence-electron chi connectivity index (χ1n) is 3.79. The third-order valence-corrected chi connectivity index (χ3v) is 1.85. The van der Waals surface area contributed by atoms with Crippen LogP contribution in [0.3, 0.4) is 0 Å². The second-order valence-corrected chi connectivity index (χ2v) is 2.83. The Morgan fingerprint density at radius 3 is 2.07 bits per heavy atom. The van der Waals surface area contributed by atoms with E-state index in [4.69, 9.17) is 0 Å². The van der Waals surface area contributed by atoms with Crippen LogP contribution < -0.4 is 0 Å². The van der Waals surface area contributed by atoms with Gasteiger partial charge in [0.1, 0.15) is 0 Å². The van der Waals surface area contributed by atoms with Crippen molar-refractivity contribution >= 4 is 0 Å². The molecule has 0 radical (unpaired) electrons. The fourth-order valence-electron chi connectivity index (χ4n) is 1.22. The fraction of sp³-hybridized carbons (Fsp3) is 0.333. The summed E-state index contributed by atoms with van der Waals surface area (Å²) in [4.78, 5) is 0. The molecular weight excluding hydrogens is 203 g/mol. The van der Waals surface area contributed by atoms with Gasteiger partial charge in [0.25, 0.3) is 6.43 Å². The van der Waals surface area contributed by atoms with Crippen molar-refractivity contribution in [3.05, 3.63) is 34.9 Å². The van der Waals surface area contributed by atoms with Crippen molar-refractivity contribution in [3.63, 3.8) is 0 Å². The van der Waals surface area contributed by atoms with E-state index in [2.05, 4.69) is 0 Å². The second kappa shape index (κ2) is 3.55. The predicted molar refractivity (Wildman–Crippen MR) is 41.1 cm³/mol. The summed E-state index contributed by atoms with van der Waals surface area (Å²) in [5.74, 6) is 0. The lowest BCUT2D eigenvalue weighted by atomic mass is 10.0. The maximum atomic E-state index is 12.3. The van der Waals surface area contributed by atoms with E-state index in [0.29, 0.717) is 6.07 Å². The summed E-state index contributed by atoms with van der Waals surface area (Å²) in [5, 5.41) is 0. The van der Waals surface area contributed by atoms with Crippen LogP contribution in [0.25, 0.3) is 0 Å². The molecule has 0 spiro atoms. The van der Waals surface area contributed by atoms with Gasteiger partial charge in [0.2, 0.25) is 0 Å². The van der Waals surface area contributed by atoms with Crippen LogP contribution in [0, 0.1) is 6.92 Å². The molecule has 0 heterocycles. The standard InChI is InChI=1S/C9H7F5/c1-5-3-2-4-6(9(12,13)14)7(5)8(10)11/h2-4,8H,1H3. The molecule has 5 heteroatoms. The minimum Gasteiger partial charge on any atom is -0.205 e. The lowest BCUT2D eigenvalue weighted by molar-refractivity contribution is -0.139. The van der Waals surface area contributed by atoms with Crippen LogP contribution in [-0.4, -0.2) is 0 Å². The molecule has 1 aromatic rings. The van der Waals surface area contributed by atoms with E-state index in [9.17, 15) is 22.0 Å².